The molecule has 1 aromatic heterocycles. The number of hydrogen-bond donors (Lipinski definition) is 2. The van der Waals surface area contributed by atoms with Crippen molar-refractivity contribution >= 4 is 32.7 Å². The first-order chi connectivity index (χ1) is 9.04. The third kappa shape index (κ3) is 2.10. The van der Waals surface area contributed by atoms with Gasteiger partial charge in [0.15, 0.2) is 0 Å². The number of aryl methyl sites for hydroxylation is 1. The van der Waals surface area contributed by atoms with E-state index in [9.17, 15) is 4.39 Å². The van der Waals surface area contributed by atoms with E-state index < -0.39 is 0 Å². The van der Waals surface area contributed by atoms with E-state index in [4.69, 9.17) is 5.73 Å². The van der Waals surface area contributed by atoms with Crippen LogP contribution in [0.15, 0.2) is 34.8 Å². The number of nitrogen functional groups attached to an aromatic ring is 1. The van der Waals surface area contributed by atoms with Crippen LogP contribution in [0.5, 0.6) is 0 Å². The molecule has 0 atom stereocenters. The molecule has 19 heavy (non-hydrogen) atoms. The highest BCUT2D eigenvalue weighted by Gasteiger charge is 2.11. The van der Waals surface area contributed by atoms with Crippen LogP contribution in [-0.2, 0) is 0 Å². The summed E-state index contributed by atoms with van der Waals surface area (Å²) in [6.45, 7) is 1.85. The quantitative estimate of drug-likeness (QED) is 0.665. The summed E-state index contributed by atoms with van der Waals surface area (Å²) < 4.78 is 14.0. The van der Waals surface area contributed by atoms with Crippen molar-refractivity contribution in [2.45, 2.75) is 6.92 Å². The molecule has 5 heteroatoms. The molecular weight excluding hydrogens is 309 g/mol. The molecule has 0 radical (unpaired) electrons. The van der Waals surface area contributed by atoms with Crippen LogP contribution in [-0.4, -0.2) is 9.97 Å². The molecule has 0 spiro atoms. The average molecular weight is 320 g/mol. The molecule has 0 bridgehead atoms. The summed E-state index contributed by atoms with van der Waals surface area (Å²) in [5.41, 5.74) is 9.82. The van der Waals surface area contributed by atoms with Gasteiger partial charge in [-0.15, -0.1) is 0 Å². The second-order valence-electron chi connectivity index (χ2n) is 4.44. The average Bonchev–Trinajstić information content (AvgIpc) is 2.72. The largest absolute Gasteiger partial charge is 0.397 e. The van der Waals surface area contributed by atoms with Gasteiger partial charge in [0, 0.05) is 10.0 Å². The van der Waals surface area contributed by atoms with Crippen molar-refractivity contribution in [1.82, 2.24) is 9.97 Å². The van der Waals surface area contributed by atoms with Gasteiger partial charge >= 0.3 is 0 Å². The number of hydrogen-bond acceptors (Lipinski definition) is 2. The monoisotopic (exact) mass is 319 g/mol. The fourth-order valence-electron chi connectivity index (χ4n) is 2.13. The summed E-state index contributed by atoms with van der Waals surface area (Å²) in [5, 5.41) is 0. The Morgan fingerprint density at radius 2 is 2.05 bits per heavy atom. The number of imidazole rings is 1. The minimum atomic E-state index is -0.250. The fourth-order valence-corrected chi connectivity index (χ4v) is 2.60. The second kappa shape index (κ2) is 4.35. The Balaban J connectivity index is 2.23. The lowest BCUT2D eigenvalue weighted by Crippen LogP contribution is -1.87. The molecule has 0 aliphatic rings. The first-order valence-electron chi connectivity index (χ1n) is 5.76. The Bertz CT molecular complexity index is 780. The van der Waals surface area contributed by atoms with Crippen molar-refractivity contribution in [3.05, 3.63) is 46.2 Å². The summed E-state index contributed by atoms with van der Waals surface area (Å²) in [7, 11) is 0. The normalized spacial score (nSPS) is 11.1. The number of aromatic nitrogens is 2. The SMILES string of the molecule is Cc1cc(F)ccc1-c1nc2c(N)cc(Br)cc2[nH]1. The van der Waals surface area contributed by atoms with Crippen molar-refractivity contribution in [3.8, 4) is 11.4 Å². The van der Waals surface area contributed by atoms with Crippen LogP contribution in [0.3, 0.4) is 0 Å². The maximum absolute atomic E-state index is 13.1. The molecule has 0 saturated heterocycles. The molecule has 0 amide bonds. The van der Waals surface area contributed by atoms with E-state index in [-0.39, 0.29) is 5.82 Å². The summed E-state index contributed by atoms with van der Waals surface area (Å²) in [6.07, 6.45) is 0. The van der Waals surface area contributed by atoms with Gasteiger partial charge < -0.3 is 10.7 Å². The van der Waals surface area contributed by atoms with Gasteiger partial charge in [0.05, 0.1) is 11.2 Å². The van der Waals surface area contributed by atoms with E-state index in [1.165, 1.54) is 12.1 Å². The number of anilines is 1. The molecule has 3 rings (SSSR count). The third-order valence-corrected chi connectivity index (χ3v) is 3.48. The predicted molar refractivity (Wildman–Crippen MR) is 78.3 cm³/mol. The molecule has 96 valence electrons. The molecular formula is C14H11BrFN3. The Morgan fingerprint density at radius 1 is 1.26 bits per heavy atom. The zero-order chi connectivity index (χ0) is 13.6. The number of nitrogens with two attached hydrogens (primary N) is 1. The van der Waals surface area contributed by atoms with Crippen LogP contribution in [0.4, 0.5) is 10.1 Å². The highest BCUT2D eigenvalue weighted by Crippen LogP contribution is 2.29. The fraction of sp³-hybridized carbons (Fsp3) is 0.0714. The van der Waals surface area contributed by atoms with Gasteiger partial charge in [0.2, 0.25) is 0 Å². The Hall–Kier alpha value is -1.88. The van der Waals surface area contributed by atoms with Gasteiger partial charge in [-0.25, -0.2) is 9.37 Å². The molecule has 0 saturated carbocycles. The number of nitrogens with one attached hydrogen (secondary N) is 1. The predicted octanol–water partition coefficient (Wildman–Crippen LogP) is 4.02. The molecule has 0 aliphatic carbocycles. The summed E-state index contributed by atoms with van der Waals surface area (Å²) >= 11 is 3.40. The summed E-state index contributed by atoms with van der Waals surface area (Å²) in [4.78, 5) is 7.70. The van der Waals surface area contributed by atoms with E-state index in [2.05, 4.69) is 25.9 Å². The minimum absolute atomic E-state index is 0.250. The number of aromatic amines is 1. The highest BCUT2D eigenvalue weighted by molar-refractivity contribution is 9.10. The molecule has 3 nitrogen and oxygen atoms in total. The number of rotatable bonds is 1. The molecule has 2 aromatic carbocycles. The molecule has 0 unspecified atom stereocenters. The highest BCUT2D eigenvalue weighted by atomic mass is 79.9. The van der Waals surface area contributed by atoms with Crippen molar-refractivity contribution in [1.29, 1.82) is 0 Å². The number of benzene rings is 2. The smallest absolute Gasteiger partial charge is 0.138 e. The zero-order valence-corrected chi connectivity index (χ0v) is 11.8. The van der Waals surface area contributed by atoms with Gasteiger partial charge in [-0.3, -0.25) is 0 Å². The van der Waals surface area contributed by atoms with Gasteiger partial charge in [0.25, 0.3) is 0 Å². The maximum atomic E-state index is 13.1. The Kier molecular flexibility index (Phi) is 2.78. The van der Waals surface area contributed by atoms with Gasteiger partial charge in [-0.1, -0.05) is 15.9 Å². The van der Waals surface area contributed by atoms with E-state index in [0.29, 0.717) is 11.5 Å². The third-order valence-electron chi connectivity index (χ3n) is 3.02. The first-order valence-corrected chi connectivity index (χ1v) is 6.55. The standard InChI is InChI=1S/C14H11BrFN3/c1-7-4-9(16)2-3-10(7)14-18-12-6-8(15)5-11(17)13(12)19-14/h2-6H,17H2,1H3,(H,18,19). The van der Waals surface area contributed by atoms with Crippen LogP contribution < -0.4 is 5.73 Å². The van der Waals surface area contributed by atoms with Crippen LogP contribution in [0.1, 0.15) is 5.56 Å². The van der Waals surface area contributed by atoms with Gasteiger partial charge in [-0.05, 0) is 42.8 Å². The Labute approximate surface area is 117 Å². The van der Waals surface area contributed by atoms with E-state index in [0.717, 1.165) is 26.6 Å². The molecule has 1 heterocycles. The Morgan fingerprint density at radius 3 is 2.79 bits per heavy atom. The van der Waals surface area contributed by atoms with Gasteiger partial charge in [0.1, 0.15) is 17.2 Å². The maximum Gasteiger partial charge on any atom is 0.138 e. The zero-order valence-electron chi connectivity index (χ0n) is 10.2. The van der Waals surface area contributed by atoms with Crippen molar-refractivity contribution in [3.63, 3.8) is 0 Å². The topological polar surface area (TPSA) is 54.7 Å². The molecule has 0 fully saturated rings. The van der Waals surface area contributed by atoms with Crippen LogP contribution in [0.2, 0.25) is 0 Å². The lowest BCUT2D eigenvalue weighted by molar-refractivity contribution is 0.627. The molecule has 3 aromatic rings. The summed E-state index contributed by atoms with van der Waals surface area (Å²) in [5.74, 6) is 0.442. The summed E-state index contributed by atoms with van der Waals surface area (Å²) in [6, 6.07) is 8.36. The van der Waals surface area contributed by atoms with E-state index in [1.807, 2.05) is 19.1 Å². The second-order valence-corrected chi connectivity index (χ2v) is 5.35. The number of nitrogens with zero attached hydrogens (tertiary/aromatic N) is 1. The minimum Gasteiger partial charge on any atom is -0.397 e. The van der Waals surface area contributed by atoms with Crippen LogP contribution >= 0.6 is 15.9 Å². The number of fused-ring (bicyclic) bond motifs is 1. The number of H-pyrrole nitrogens is 1. The van der Waals surface area contributed by atoms with E-state index >= 15 is 0 Å². The van der Waals surface area contributed by atoms with Crippen LogP contribution in [0, 0.1) is 12.7 Å². The van der Waals surface area contributed by atoms with Crippen molar-refractivity contribution in [2.24, 2.45) is 0 Å². The first kappa shape index (κ1) is 12.2. The van der Waals surface area contributed by atoms with Crippen molar-refractivity contribution < 1.29 is 4.39 Å². The lowest BCUT2D eigenvalue weighted by atomic mass is 10.1. The number of halogens is 2. The molecule has 0 aliphatic heterocycles. The molecule has 3 N–H and O–H groups in total. The van der Waals surface area contributed by atoms with Crippen molar-refractivity contribution in [2.75, 3.05) is 5.73 Å². The van der Waals surface area contributed by atoms with Crippen LogP contribution in [0.25, 0.3) is 22.4 Å². The van der Waals surface area contributed by atoms with Gasteiger partial charge in [-0.2, -0.15) is 0 Å². The lowest BCUT2D eigenvalue weighted by Gasteiger charge is -2.01. The van der Waals surface area contributed by atoms with E-state index in [1.54, 1.807) is 6.07 Å².